The minimum atomic E-state index is -0.359. The van der Waals surface area contributed by atoms with Crippen molar-refractivity contribution in [3.8, 4) is 5.75 Å². The van der Waals surface area contributed by atoms with Crippen molar-refractivity contribution in [1.29, 1.82) is 0 Å². The molecule has 0 fully saturated rings. The number of aliphatic hydroxyl groups excluding tert-OH is 1. The molecule has 0 saturated heterocycles. The van der Waals surface area contributed by atoms with E-state index < -0.39 is 0 Å². The van der Waals surface area contributed by atoms with E-state index in [-0.39, 0.29) is 55.0 Å². The first-order chi connectivity index (χ1) is 21.9. The molecule has 11 nitrogen and oxygen atoms in total. The van der Waals surface area contributed by atoms with E-state index >= 15 is 0 Å². The lowest BCUT2D eigenvalue weighted by Crippen LogP contribution is -2.47. The summed E-state index contributed by atoms with van der Waals surface area (Å²) in [5.74, 6) is 0.174. The lowest BCUT2D eigenvalue weighted by molar-refractivity contribution is -0.134. The van der Waals surface area contributed by atoms with Crippen LogP contribution in [0.1, 0.15) is 49.2 Å². The summed E-state index contributed by atoms with van der Waals surface area (Å²) in [4.78, 5) is 42.4. The fourth-order valence-electron chi connectivity index (χ4n) is 5.40. The Kier molecular flexibility index (Phi) is 11.6. The summed E-state index contributed by atoms with van der Waals surface area (Å²) >= 11 is 0. The maximum absolute atomic E-state index is 13.5. The highest BCUT2D eigenvalue weighted by molar-refractivity contribution is 6.05. The van der Waals surface area contributed by atoms with E-state index in [1.807, 2.05) is 59.0 Å². The lowest BCUT2D eigenvalue weighted by atomic mass is 10.0. The van der Waals surface area contributed by atoms with Crippen molar-refractivity contribution in [2.24, 2.45) is 5.92 Å². The number of para-hydroxylation sites is 2. The molecule has 0 radical (unpaired) electrons. The van der Waals surface area contributed by atoms with Gasteiger partial charge in [-0.25, -0.2) is 4.79 Å². The number of nitrogens with two attached hydrogens (primary N) is 1. The molecule has 0 aromatic heterocycles. The molecule has 1 aliphatic rings. The molecule has 0 unspecified atom stereocenters. The molecule has 11 heteroatoms. The van der Waals surface area contributed by atoms with E-state index in [1.54, 1.807) is 47.4 Å². The van der Waals surface area contributed by atoms with Crippen molar-refractivity contribution in [3.63, 3.8) is 0 Å². The molecule has 246 valence electrons. The molecule has 1 aliphatic heterocycles. The minimum absolute atomic E-state index is 0.0255. The standard InChI is InChI=1S/C35H46N6O5/c1-22(2)37-35(45)38-28-14-15-31-27(16-28)17-33(43)41(24(4)21-42)18-23(3)32(46-31)20-40(5)19-25-10-12-26(13-11-25)34(44)39-30-9-7-6-8-29(30)36/h6-16,22-24,32,42H,17-21,36H2,1-5H3,(H,39,44)(H2,37,38,45)/t23-,24+,32-/m1/s1. The molecule has 0 spiro atoms. The van der Waals surface area contributed by atoms with Crippen LogP contribution in [0.5, 0.6) is 5.75 Å². The Labute approximate surface area is 271 Å². The van der Waals surface area contributed by atoms with Crippen LogP contribution in [-0.4, -0.2) is 77.7 Å². The number of fused-ring (bicyclic) bond motifs is 1. The largest absolute Gasteiger partial charge is 0.488 e. The summed E-state index contributed by atoms with van der Waals surface area (Å²) in [6.45, 7) is 9.07. The number of anilines is 3. The predicted molar refractivity (Wildman–Crippen MR) is 181 cm³/mol. The van der Waals surface area contributed by atoms with E-state index in [0.717, 1.165) is 5.56 Å². The van der Waals surface area contributed by atoms with Gasteiger partial charge in [0.1, 0.15) is 11.9 Å². The van der Waals surface area contributed by atoms with Crippen LogP contribution < -0.4 is 26.4 Å². The zero-order valence-corrected chi connectivity index (χ0v) is 27.2. The molecule has 3 aromatic carbocycles. The van der Waals surface area contributed by atoms with Gasteiger partial charge in [0.25, 0.3) is 5.91 Å². The van der Waals surface area contributed by atoms with Gasteiger partial charge in [-0.1, -0.05) is 31.2 Å². The first-order valence-electron chi connectivity index (χ1n) is 15.6. The van der Waals surface area contributed by atoms with Gasteiger partial charge < -0.3 is 36.4 Å². The summed E-state index contributed by atoms with van der Waals surface area (Å²) in [7, 11) is 2.00. The number of nitrogen functional groups attached to an aromatic ring is 1. The SMILES string of the molecule is CC(C)NC(=O)Nc1ccc2c(c1)CC(=O)N([C@@H](C)CO)C[C@@H](C)[C@@H](CN(C)Cc1ccc(C(=O)Nc3ccccc3N)cc1)O2. The third kappa shape index (κ3) is 9.21. The number of carbonyl (C=O) groups excluding carboxylic acids is 3. The van der Waals surface area contributed by atoms with Crippen LogP contribution in [0.3, 0.4) is 0 Å². The van der Waals surface area contributed by atoms with E-state index in [9.17, 15) is 19.5 Å². The Morgan fingerprint density at radius 1 is 1.07 bits per heavy atom. The van der Waals surface area contributed by atoms with Crippen LogP contribution in [0.2, 0.25) is 0 Å². The molecular weight excluding hydrogens is 584 g/mol. The molecule has 1 heterocycles. The minimum Gasteiger partial charge on any atom is -0.488 e. The van der Waals surface area contributed by atoms with Gasteiger partial charge in [-0.2, -0.15) is 0 Å². The van der Waals surface area contributed by atoms with Gasteiger partial charge in [-0.15, -0.1) is 0 Å². The van der Waals surface area contributed by atoms with Crippen LogP contribution in [-0.2, 0) is 17.8 Å². The third-order valence-electron chi connectivity index (χ3n) is 7.96. The van der Waals surface area contributed by atoms with Crippen LogP contribution in [0.25, 0.3) is 0 Å². The highest BCUT2D eigenvalue weighted by Gasteiger charge is 2.31. The Balaban J connectivity index is 1.49. The fraction of sp³-hybridized carbons (Fsp3) is 0.400. The number of ether oxygens (including phenoxy) is 1. The third-order valence-corrected chi connectivity index (χ3v) is 7.96. The number of carbonyl (C=O) groups is 3. The predicted octanol–water partition coefficient (Wildman–Crippen LogP) is 4.33. The number of amides is 4. The Morgan fingerprint density at radius 2 is 1.78 bits per heavy atom. The van der Waals surface area contributed by atoms with E-state index in [1.165, 1.54) is 0 Å². The summed E-state index contributed by atoms with van der Waals surface area (Å²) in [5.41, 5.74) is 9.80. The van der Waals surface area contributed by atoms with Gasteiger partial charge in [-0.05, 0) is 75.8 Å². The summed E-state index contributed by atoms with van der Waals surface area (Å²) in [6, 6.07) is 19.2. The number of nitrogens with one attached hydrogen (secondary N) is 3. The zero-order valence-electron chi connectivity index (χ0n) is 27.2. The number of rotatable bonds is 10. The second kappa shape index (κ2) is 15.6. The van der Waals surface area contributed by atoms with Crippen molar-refractivity contribution in [1.82, 2.24) is 15.1 Å². The number of nitrogens with zero attached hydrogens (tertiary/aromatic N) is 2. The first-order valence-corrected chi connectivity index (χ1v) is 15.6. The van der Waals surface area contributed by atoms with Crippen molar-refractivity contribution < 1.29 is 24.2 Å². The molecule has 6 N–H and O–H groups in total. The van der Waals surface area contributed by atoms with Crippen LogP contribution >= 0.6 is 0 Å². The normalized spacial score (nSPS) is 17.3. The van der Waals surface area contributed by atoms with Crippen LogP contribution in [0, 0.1) is 5.92 Å². The Hall–Kier alpha value is -4.61. The van der Waals surface area contributed by atoms with Gasteiger partial charge in [0.05, 0.1) is 30.4 Å². The average molecular weight is 631 g/mol. The number of benzene rings is 3. The topological polar surface area (TPSA) is 149 Å². The molecule has 0 bridgehead atoms. The number of aliphatic hydroxyl groups is 1. The molecule has 46 heavy (non-hydrogen) atoms. The summed E-state index contributed by atoms with van der Waals surface area (Å²) in [6.07, 6.45) is -0.208. The number of likely N-dealkylation sites (N-methyl/N-ethyl adjacent to an activating group) is 1. The quantitative estimate of drug-likeness (QED) is 0.209. The summed E-state index contributed by atoms with van der Waals surface area (Å²) in [5, 5.41) is 18.4. The average Bonchev–Trinajstić information content (AvgIpc) is 3.05. The maximum atomic E-state index is 13.5. The van der Waals surface area contributed by atoms with E-state index in [0.29, 0.717) is 53.6 Å². The summed E-state index contributed by atoms with van der Waals surface area (Å²) < 4.78 is 6.61. The first kappa shape index (κ1) is 34.3. The van der Waals surface area contributed by atoms with Gasteiger partial charge in [0.2, 0.25) is 5.91 Å². The lowest BCUT2D eigenvalue weighted by Gasteiger charge is -2.34. The van der Waals surface area contributed by atoms with Crippen molar-refractivity contribution in [2.75, 3.05) is 43.1 Å². The fourth-order valence-corrected chi connectivity index (χ4v) is 5.40. The van der Waals surface area contributed by atoms with Crippen molar-refractivity contribution in [2.45, 2.75) is 58.8 Å². The molecule has 3 aromatic rings. The molecule has 4 rings (SSSR count). The molecule has 3 atom stereocenters. The van der Waals surface area contributed by atoms with Gasteiger partial charge in [0, 0.05) is 48.4 Å². The highest BCUT2D eigenvalue weighted by atomic mass is 16.5. The molecule has 4 amide bonds. The highest BCUT2D eigenvalue weighted by Crippen LogP contribution is 2.29. The van der Waals surface area contributed by atoms with E-state index in [4.69, 9.17) is 10.5 Å². The smallest absolute Gasteiger partial charge is 0.319 e. The van der Waals surface area contributed by atoms with Crippen LogP contribution in [0.4, 0.5) is 21.9 Å². The van der Waals surface area contributed by atoms with Crippen molar-refractivity contribution >= 4 is 34.9 Å². The number of hydrogen-bond acceptors (Lipinski definition) is 7. The van der Waals surface area contributed by atoms with Crippen molar-refractivity contribution in [3.05, 3.63) is 83.4 Å². The van der Waals surface area contributed by atoms with Crippen LogP contribution in [0.15, 0.2) is 66.7 Å². The second-order valence-electron chi connectivity index (χ2n) is 12.4. The maximum Gasteiger partial charge on any atom is 0.319 e. The molecule has 0 aliphatic carbocycles. The van der Waals surface area contributed by atoms with Gasteiger partial charge in [0.15, 0.2) is 0 Å². The monoisotopic (exact) mass is 630 g/mol. The zero-order chi connectivity index (χ0) is 33.4. The Bertz CT molecular complexity index is 1510. The molecular formula is C35H46N6O5. The van der Waals surface area contributed by atoms with E-state index in [2.05, 4.69) is 20.9 Å². The Morgan fingerprint density at radius 3 is 2.46 bits per heavy atom. The molecule has 0 saturated carbocycles. The number of urea groups is 1. The van der Waals surface area contributed by atoms with Gasteiger partial charge in [-0.3, -0.25) is 14.5 Å². The number of hydrogen-bond donors (Lipinski definition) is 5. The van der Waals surface area contributed by atoms with Gasteiger partial charge >= 0.3 is 6.03 Å². The second-order valence-corrected chi connectivity index (χ2v) is 12.4.